The molecule has 1 aliphatic heterocycles. The molecule has 9 heteroatoms. The molecule has 0 aliphatic carbocycles. The zero-order chi connectivity index (χ0) is 21.2. The molecule has 1 atom stereocenters. The second-order valence-electron chi connectivity index (χ2n) is 6.60. The van der Waals surface area contributed by atoms with Crippen molar-refractivity contribution in [2.45, 2.75) is 12.6 Å². The number of nitrogens with one attached hydrogen (secondary N) is 2. The molecule has 1 heterocycles. The fourth-order valence-electron chi connectivity index (χ4n) is 3.08. The highest BCUT2D eigenvalue weighted by atomic mass is 19.4. The van der Waals surface area contributed by atoms with Crippen LogP contribution in [-0.2, 0) is 15.8 Å². The molecule has 0 aromatic heterocycles. The monoisotopic (exact) mass is 405 g/mol. The zero-order valence-electron chi connectivity index (χ0n) is 15.4. The molecule has 2 aromatic rings. The molecule has 1 saturated heterocycles. The van der Waals surface area contributed by atoms with E-state index in [4.69, 9.17) is 0 Å². The lowest BCUT2D eigenvalue weighted by Crippen LogP contribution is -2.28. The Kier molecular flexibility index (Phi) is 5.58. The van der Waals surface area contributed by atoms with Gasteiger partial charge in [-0.2, -0.15) is 13.2 Å². The Hall–Kier alpha value is -3.36. The predicted molar refractivity (Wildman–Crippen MR) is 100 cm³/mol. The molecule has 0 saturated carbocycles. The highest BCUT2D eigenvalue weighted by Gasteiger charge is 2.37. The van der Waals surface area contributed by atoms with E-state index in [1.807, 2.05) is 0 Å². The van der Waals surface area contributed by atoms with E-state index in [9.17, 15) is 27.6 Å². The Labute approximate surface area is 164 Å². The van der Waals surface area contributed by atoms with E-state index < -0.39 is 29.5 Å². The van der Waals surface area contributed by atoms with E-state index in [2.05, 4.69) is 10.6 Å². The van der Waals surface area contributed by atoms with E-state index >= 15 is 0 Å². The van der Waals surface area contributed by atoms with Gasteiger partial charge in [0.25, 0.3) is 5.91 Å². The van der Waals surface area contributed by atoms with Gasteiger partial charge in [-0.05, 0) is 42.5 Å². The predicted octanol–water partition coefficient (Wildman–Crippen LogP) is 3.06. The second-order valence-corrected chi connectivity index (χ2v) is 6.60. The molecule has 29 heavy (non-hydrogen) atoms. The van der Waals surface area contributed by atoms with Crippen molar-refractivity contribution < 1.29 is 27.6 Å². The summed E-state index contributed by atoms with van der Waals surface area (Å²) in [5, 5.41) is 5.15. The third-order valence-electron chi connectivity index (χ3n) is 4.62. The average Bonchev–Trinajstić information content (AvgIpc) is 3.09. The first kappa shape index (κ1) is 20.4. The van der Waals surface area contributed by atoms with E-state index in [1.165, 1.54) is 24.1 Å². The van der Waals surface area contributed by atoms with Crippen LogP contribution in [0, 0.1) is 5.92 Å². The standard InChI is InChI=1S/C20H18F3N3O3/c1-24-18(28)12-5-7-15(8-6-12)25-19(29)13-9-17(27)26(11-13)16-4-2-3-14(10-16)20(21,22)23/h2-8,10,13H,9,11H2,1H3,(H,24,28)(H,25,29)/t13-/m0/s1. The van der Waals surface area contributed by atoms with Crippen LogP contribution >= 0.6 is 0 Å². The minimum absolute atomic E-state index is 0.0116. The summed E-state index contributed by atoms with van der Waals surface area (Å²) < 4.78 is 38.7. The Balaban J connectivity index is 1.68. The highest BCUT2D eigenvalue weighted by molar-refractivity contribution is 6.03. The number of alkyl halides is 3. The van der Waals surface area contributed by atoms with Crippen molar-refractivity contribution in [2.75, 3.05) is 23.8 Å². The van der Waals surface area contributed by atoms with Crippen molar-refractivity contribution in [3.63, 3.8) is 0 Å². The summed E-state index contributed by atoms with van der Waals surface area (Å²) in [6.45, 7) is -0.0116. The van der Waals surface area contributed by atoms with Crippen LogP contribution in [0.3, 0.4) is 0 Å². The summed E-state index contributed by atoms with van der Waals surface area (Å²) >= 11 is 0. The minimum Gasteiger partial charge on any atom is -0.355 e. The van der Waals surface area contributed by atoms with Crippen molar-refractivity contribution in [3.05, 3.63) is 59.7 Å². The normalized spacial score (nSPS) is 16.6. The molecule has 3 rings (SSSR count). The first-order valence-electron chi connectivity index (χ1n) is 8.79. The number of carbonyl (C=O) groups is 3. The van der Waals surface area contributed by atoms with E-state index in [1.54, 1.807) is 24.3 Å². The van der Waals surface area contributed by atoms with Gasteiger partial charge in [-0.25, -0.2) is 0 Å². The summed E-state index contributed by atoms with van der Waals surface area (Å²) in [4.78, 5) is 37.5. The van der Waals surface area contributed by atoms with Crippen LogP contribution < -0.4 is 15.5 Å². The molecule has 2 aromatic carbocycles. The average molecular weight is 405 g/mol. The molecule has 152 valence electrons. The molecule has 0 unspecified atom stereocenters. The Morgan fingerprint density at radius 1 is 1.10 bits per heavy atom. The van der Waals surface area contributed by atoms with Crippen molar-refractivity contribution >= 4 is 29.1 Å². The van der Waals surface area contributed by atoms with Crippen LogP contribution in [0.25, 0.3) is 0 Å². The number of hydrogen-bond acceptors (Lipinski definition) is 3. The van der Waals surface area contributed by atoms with E-state index in [0.29, 0.717) is 11.3 Å². The Morgan fingerprint density at radius 3 is 2.41 bits per heavy atom. The van der Waals surface area contributed by atoms with Crippen LogP contribution in [-0.4, -0.2) is 31.3 Å². The Morgan fingerprint density at radius 2 is 1.79 bits per heavy atom. The van der Waals surface area contributed by atoms with Gasteiger partial charge < -0.3 is 15.5 Å². The molecular formula is C20H18F3N3O3. The summed E-state index contributed by atoms with van der Waals surface area (Å²) in [7, 11) is 1.51. The molecule has 1 aliphatic rings. The molecule has 0 spiro atoms. The fraction of sp³-hybridized carbons (Fsp3) is 0.250. The lowest BCUT2D eigenvalue weighted by molar-refractivity contribution is -0.137. The first-order chi connectivity index (χ1) is 13.7. The van der Waals surface area contributed by atoms with Crippen LogP contribution in [0.4, 0.5) is 24.5 Å². The smallest absolute Gasteiger partial charge is 0.355 e. The van der Waals surface area contributed by atoms with E-state index in [0.717, 1.165) is 12.1 Å². The maximum Gasteiger partial charge on any atom is 0.416 e. The number of hydrogen-bond donors (Lipinski definition) is 2. The molecule has 6 nitrogen and oxygen atoms in total. The molecule has 2 N–H and O–H groups in total. The number of benzene rings is 2. The van der Waals surface area contributed by atoms with Crippen LogP contribution in [0.15, 0.2) is 48.5 Å². The number of carbonyl (C=O) groups excluding carboxylic acids is 3. The van der Waals surface area contributed by atoms with Gasteiger partial charge in [-0.1, -0.05) is 6.07 Å². The molecule has 0 radical (unpaired) electrons. The third kappa shape index (κ3) is 4.56. The van der Waals surface area contributed by atoms with Crippen LogP contribution in [0.2, 0.25) is 0 Å². The highest BCUT2D eigenvalue weighted by Crippen LogP contribution is 2.33. The number of amides is 3. The number of halogens is 3. The largest absolute Gasteiger partial charge is 0.416 e. The van der Waals surface area contributed by atoms with Crippen LogP contribution in [0.1, 0.15) is 22.3 Å². The summed E-state index contributed by atoms with van der Waals surface area (Å²) in [6.07, 6.45) is -4.62. The summed E-state index contributed by atoms with van der Waals surface area (Å²) in [6, 6.07) is 10.7. The van der Waals surface area contributed by atoms with Crippen molar-refractivity contribution in [1.82, 2.24) is 5.32 Å². The number of nitrogens with zero attached hydrogens (tertiary/aromatic N) is 1. The summed E-state index contributed by atoms with van der Waals surface area (Å²) in [5.74, 6) is -1.79. The van der Waals surface area contributed by atoms with Gasteiger partial charge in [0, 0.05) is 37.0 Å². The molecule has 0 bridgehead atoms. The first-order valence-corrected chi connectivity index (χ1v) is 8.79. The van der Waals surface area contributed by atoms with Crippen molar-refractivity contribution in [2.24, 2.45) is 5.92 Å². The number of anilines is 2. The maximum absolute atomic E-state index is 12.9. The van der Waals surface area contributed by atoms with Gasteiger partial charge in [0.15, 0.2) is 0 Å². The van der Waals surface area contributed by atoms with Gasteiger partial charge in [0.2, 0.25) is 11.8 Å². The molecule has 1 fully saturated rings. The quantitative estimate of drug-likeness (QED) is 0.821. The van der Waals surface area contributed by atoms with Crippen molar-refractivity contribution in [3.8, 4) is 0 Å². The molecular weight excluding hydrogens is 387 g/mol. The van der Waals surface area contributed by atoms with Gasteiger partial charge in [0.05, 0.1) is 11.5 Å². The topological polar surface area (TPSA) is 78.5 Å². The Bertz CT molecular complexity index is 942. The van der Waals surface area contributed by atoms with Gasteiger partial charge in [-0.3, -0.25) is 14.4 Å². The van der Waals surface area contributed by atoms with Gasteiger partial charge in [0.1, 0.15) is 0 Å². The molecule has 3 amide bonds. The fourth-order valence-corrected chi connectivity index (χ4v) is 3.08. The van der Waals surface area contributed by atoms with Crippen molar-refractivity contribution in [1.29, 1.82) is 0 Å². The third-order valence-corrected chi connectivity index (χ3v) is 4.62. The summed E-state index contributed by atoms with van der Waals surface area (Å²) in [5.41, 5.74) is 0.131. The SMILES string of the molecule is CNC(=O)c1ccc(NC(=O)[C@H]2CC(=O)N(c3cccc(C(F)(F)F)c3)C2)cc1. The lowest BCUT2D eigenvalue weighted by Gasteiger charge is -2.18. The van der Waals surface area contributed by atoms with E-state index in [-0.39, 0.29) is 24.6 Å². The van der Waals surface area contributed by atoms with Gasteiger partial charge >= 0.3 is 6.18 Å². The zero-order valence-corrected chi connectivity index (χ0v) is 15.4. The second kappa shape index (κ2) is 7.94. The maximum atomic E-state index is 12.9. The van der Waals surface area contributed by atoms with Gasteiger partial charge in [-0.15, -0.1) is 0 Å². The lowest BCUT2D eigenvalue weighted by atomic mass is 10.1. The number of rotatable bonds is 4. The minimum atomic E-state index is -4.52. The van der Waals surface area contributed by atoms with Crippen LogP contribution in [0.5, 0.6) is 0 Å².